The van der Waals surface area contributed by atoms with Gasteiger partial charge in [-0.3, -0.25) is 0 Å². The molecule has 0 aromatic heterocycles. The van der Waals surface area contributed by atoms with Crippen molar-refractivity contribution in [3.63, 3.8) is 0 Å². The smallest absolute Gasteiger partial charge is 0.0876 e. The Balaban J connectivity index is 2.44. The van der Waals surface area contributed by atoms with Crippen LogP contribution in [0.1, 0.15) is 22.7 Å². The number of hydrogen-bond donors (Lipinski definition) is 1. The second kappa shape index (κ2) is 5.87. The molecule has 2 rings (SSSR count). The van der Waals surface area contributed by atoms with Crippen LogP contribution in [0.4, 0.5) is 0 Å². The maximum absolute atomic E-state index is 9.14. The molecule has 0 fully saturated rings. The number of nitrogens with zero attached hydrogens (tertiary/aromatic N) is 3. The summed E-state index contributed by atoms with van der Waals surface area (Å²) in [5, 5.41) is 13.0. The molecule has 4 nitrogen and oxygen atoms in total. The van der Waals surface area contributed by atoms with Crippen LogP contribution in [0.5, 0.6) is 0 Å². The molecule has 0 aliphatic carbocycles. The fourth-order valence-corrected chi connectivity index (χ4v) is 1.87. The highest BCUT2D eigenvalue weighted by molar-refractivity contribution is 5.34. The van der Waals surface area contributed by atoms with E-state index in [4.69, 9.17) is 10.6 Å². The van der Waals surface area contributed by atoms with Crippen molar-refractivity contribution in [3.05, 3.63) is 81.7 Å². The lowest BCUT2D eigenvalue weighted by Crippen LogP contribution is -1.98. The van der Waals surface area contributed by atoms with Crippen molar-refractivity contribution >= 4 is 0 Å². The Hall–Kier alpha value is -2.29. The summed E-state index contributed by atoms with van der Waals surface area (Å²) in [6.45, 7) is -0.0222. The second-order valence-electron chi connectivity index (χ2n) is 3.92. The van der Waals surface area contributed by atoms with E-state index in [-0.39, 0.29) is 12.6 Å². The first-order valence-corrected chi connectivity index (χ1v) is 5.64. The molecule has 1 N–H and O–H groups in total. The number of aliphatic hydroxyl groups excluding tert-OH is 1. The molecule has 90 valence electrons. The second-order valence-corrected chi connectivity index (χ2v) is 3.92. The summed E-state index contributed by atoms with van der Waals surface area (Å²) in [7, 11) is 0. The van der Waals surface area contributed by atoms with Crippen LogP contribution >= 0.6 is 0 Å². The third-order valence-corrected chi connectivity index (χ3v) is 2.73. The van der Waals surface area contributed by atoms with Crippen molar-refractivity contribution in [2.24, 2.45) is 5.11 Å². The fourth-order valence-electron chi connectivity index (χ4n) is 1.87. The van der Waals surface area contributed by atoms with Gasteiger partial charge >= 0.3 is 0 Å². The van der Waals surface area contributed by atoms with Crippen molar-refractivity contribution < 1.29 is 5.11 Å². The predicted molar refractivity (Wildman–Crippen MR) is 69.8 cm³/mol. The first-order valence-electron chi connectivity index (χ1n) is 5.64. The molecule has 0 saturated heterocycles. The molecule has 18 heavy (non-hydrogen) atoms. The van der Waals surface area contributed by atoms with E-state index in [1.807, 2.05) is 54.6 Å². The summed E-state index contributed by atoms with van der Waals surface area (Å²) in [4.78, 5) is 2.91. The quantitative estimate of drug-likeness (QED) is 0.494. The highest BCUT2D eigenvalue weighted by atomic mass is 16.3. The summed E-state index contributed by atoms with van der Waals surface area (Å²) in [6, 6.07) is 16.7. The van der Waals surface area contributed by atoms with Gasteiger partial charge in [0.25, 0.3) is 0 Å². The number of azide groups is 1. The molecule has 0 bridgehead atoms. The lowest BCUT2D eigenvalue weighted by Gasteiger charge is -2.12. The Morgan fingerprint density at radius 1 is 1.06 bits per heavy atom. The highest BCUT2D eigenvalue weighted by Gasteiger charge is 2.12. The van der Waals surface area contributed by atoms with E-state index in [0.29, 0.717) is 0 Å². The zero-order valence-corrected chi connectivity index (χ0v) is 9.77. The van der Waals surface area contributed by atoms with E-state index in [2.05, 4.69) is 10.0 Å². The van der Waals surface area contributed by atoms with Gasteiger partial charge in [0.05, 0.1) is 12.6 Å². The van der Waals surface area contributed by atoms with Gasteiger partial charge in [0.15, 0.2) is 0 Å². The molecule has 0 saturated carbocycles. The molecular weight excluding hydrogens is 226 g/mol. The minimum absolute atomic E-state index is 0.0222. The SMILES string of the molecule is [N-]=[N+]=NC(c1ccccc1)c1cccc(CO)c1. The lowest BCUT2D eigenvalue weighted by molar-refractivity contribution is 0.281. The van der Waals surface area contributed by atoms with Gasteiger partial charge in [0, 0.05) is 4.91 Å². The normalized spacial score (nSPS) is 11.6. The first-order chi connectivity index (χ1) is 8.85. The largest absolute Gasteiger partial charge is 0.392 e. The Labute approximate surface area is 105 Å². The Morgan fingerprint density at radius 2 is 1.78 bits per heavy atom. The molecule has 0 radical (unpaired) electrons. The van der Waals surface area contributed by atoms with Crippen LogP contribution in [0, 0.1) is 0 Å². The van der Waals surface area contributed by atoms with Gasteiger partial charge in [0.2, 0.25) is 0 Å². The average Bonchev–Trinajstić information content (AvgIpc) is 2.46. The van der Waals surface area contributed by atoms with E-state index in [1.54, 1.807) is 0 Å². The molecule has 1 atom stereocenters. The summed E-state index contributed by atoms with van der Waals surface area (Å²) in [5.74, 6) is 0. The van der Waals surface area contributed by atoms with Gasteiger partial charge in [0.1, 0.15) is 0 Å². The third-order valence-electron chi connectivity index (χ3n) is 2.73. The van der Waals surface area contributed by atoms with Gasteiger partial charge < -0.3 is 5.11 Å². The van der Waals surface area contributed by atoms with Crippen LogP contribution < -0.4 is 0 Å². The summed E-state index contributed by atoms with van der Waals surface area (Å²) in [5.41, 5.74) is 11.3. The monoisotopic (exact) mass is 239 g/mol. The summed E-state index contributed by atoms with van der Waals surface area (Å²) < 4.78 is 0. The van der Waals surface area contributed by atoms with Gasteiger partial charge in [-0.1, -0.05) is 59.7 Å². The topological polar surface area (TPSA) is 69.0 Å². The van der Waals surface area contributed by atoms with Crippen LogP contribution in [-0.4, -0.2) is 5.11 Å². The molecule has 0 amide bonds. The Morgan fingerprint density at radius 3 is 2.44 bits per heavy atom. The highest BCUT2D eigenvalue weighted by Crippen LogP contribution is 2.26. The molecule has 4 heteroatoms. The average molecular weight is 239 g/mol. The molecule has 0 spiro atoms. The number of aliphatic hydroxyl groups is 1. The summed E-state index contributed by atoms with van der Waals surface area (Å²) >= 11 is 0. The van der Waals surface area contributed by atoms with E-state index in [1.165, 1.54) is 0 Å². The Kier molecular flexibility index (Phi) is 3.97. The fraction of sp³-hybridized carbons (Fsp3) is 0.143. The minimum atomic E-state index is -0.359. The molecule has 0 aliphatic rings. The Bertz CT molecular complexity index is 562. The van der Waals surface area contributed by atoms with Crippen LogP contribution in [0.15, 0.2) is 59.7 Å². The maximum atomic E-state index is 9.14. The van der Waals surface area contributed by atoms with Gasteiger partial charge in [-0.05, 0) is 22.2 Å². The number of benzene rings is 2. The third kappa shape index (κ3) is 2.69. The van der Waals surface area contributed by atoms with Crippen molar-refractivity contribution in [1.82, 2.24) is 0 Å². The minimum Gasteiger partial charge on any atom is -0.392 e. The van der Waals surface area contributed by atoms with Gasteiger partial charge in [-0.25, -0.2) is 0 Å². The molecule has 2 aromatic carbocycles. The predicted octanol–water partition coefficient (Wildman–Crippen LogP) is 3.58. The zero-order chi connectivity index (χ0) is 12.8. The van der Waals surface area contributed by atoms with Crippen molar-refractivity contribution in [2.75, 3.05) is 0 Å². The first kappa shape index (κ1) is 12.2. The van der Waals surface area contributed by atoms with Crippen LogP contribution in [0.2, 0.25) is 0 Å². The lowest BCUT2D eigenvalue weighted by atomic mass is 9.98. The molecule has 2 aromatic rings. The summed E-state index contributed by atoms with van der Waals surface area (Å²) in [6.07, 6.45) is 0. The van der Waals surface area contributed by atoms with Crippen molar-refractivity contribution in [2.45, 2.75) is 12.6 Å². The molecule has 0 heterocycles. The van der Waals surface area contributed by atoms with Crippen LogP contribution in [-0.2, 0) is 6.61 Å². The van der Waals surface area contributed by atoms with E-state index >= 15 is 0 Å². The van der Waals surface area contributed by atoms with Crippen LogP contribution in [0.25, 0.3) is 10.4 Å². The van der Waals surface area contributed by atoms with E-state index in [0.717, 1.165) is 16.7 Å². The van der Waals surface area contributed by atoms with Crippen LogP contribution in [0.3, 0.4) is 0 Å². The van der Waals surface area contributed by atoms with E-state index < -0.39 is 0 Å². The zero-order valence-electron chi connectivity index (χ0n) is 9.77. The number of hydrogen-bond acceptors (Lipinski definition) is 2. The number of rotatable bonds is 4. The van der Waals surface area contributed by atoms with Crippen molar-refractivity contribution in [3.8, 4) is 0 Å². The maximum Gasteiger partial charge on any atom is 0.0876 e. The van der Waals surface area contributed by atoms with Gasteiger partial charge in [-0.15, -0.1) is 0 Å². The standard InChI is InChI=1S/C14H13N3O/c15-17-16-14(12-6-2-1-3-7-12)13-8-4-5-11(9-13)10-18/h1-9,14,18H,10H2. The van der Waals surface area contributed by atoms with E-state index in [9.17, 15) is 0 Å². The molecular formula is C14H13N3O. The van der Waals surface area contributed by atoms with Gasteiger partial charge in [-0.2, -0.15) is 0 Å². The van der Waals surface area contributed by atoms with Crippen molar-refractivity contribution in [1.29, 1.82) is 0 Å². The molecule has 0 aliphatic heterocycles. The molecule has 1 unspecified atom stereocenters.